The quantitative estimate of drug-likeness (QED) is 0.409. The normalized spacial score (nSPS) is 12.6. The molecule has 2 aromatic carbocycles. The molecule has 0 aliphatic carbocycles. The molecule has 0 fully saturated rings. The first-order valence-corrected chi connectivity index (χ1v) is 8.36. The Morgan fingerprint density at radius 2 is 1.64 bits per heavy atom. The Bertz CT molecular complexity index is 932. The van der Waals surface area contributed by atoms with Crippen molar-refractivity contribution in [3.63, 3.8) is 0 Å². The molecule has 28 heavy (non-hydrogen) atoms. The molecule has 0 radical (unpaired) electrons. The van der Waals surface area contributed by atoms with Crippen LogP contribution >= 0.6 is 0 Å². The average Bonchev–Trinajstić information content (AvgIpc) is 2.97. The largest absolute Gasteiger partial charge is 0.493 e. The summed E-state index contributed by atoms with van der Waals surface area (Å²) < 4.78 is 15.5. The Hall–Kier alpha value is -3.68. The minimum absolute atomic E-state index is 0.0674. The monoisotopic (exact) mass is 383 g/mol. The molecule has 3 rings (SSSR count). The van der Waals surface area contributed by atoms with Gasteiger partial charge in [-0.15, -0.1) is 0 Å². The number of fused-ring (bicyclic) bond motifs is 1. The van der Waals surface area contributed by atoms with Gasteiger partial charge in [-0.1, -0.05) is 12.1 Å². The van der Waals surface area contributed by atoms with Crippen LogP contribution in [-0.4, -0.2) is 56.3 Å². The van der Waals surface area contributed by atoms with Crippen LogP contribution in [0.15, 0.2) is 36.4 Å². The van der Waals surface area contributed by atoms with Gasteiger partial charge in [-0.25, -0.2) is 4.79 Å². The summed E-state index contributed by atoms with van der Waals surface area (Å²) >= 11 is 0. The van der Waals surface area contributed by atoms with E-state index in [1.165, 1.54) is 26.4 Å². The first-order valence-electron chi connectivity index (χ1n) is 8.36. The molecule has 0 bridgehead atoms. The van der Waals surface area contributed by atoms with Gasteiger partial charge in [-0.2, -0.15) is 0 Å². The molecular weight excluding hydrogens is 366 g/mol. The number of aldehydes is 1. The number of imide groups is 1. The predicted molar refractivity (Wildman–Crippen MR) is 97.0 cm³/mol. The highest BCUT2D eigenvalue weighted by Gasteiger charge is 2.35. The van der Waals surface area contributed by atoms with Gasteiger partial charge >= 0.3 is 5.97 Å². The second-order valence-electron chi connectivity index (χ2n) is 5.83. The summed E-state index contributed by atoms with van der Waals surface area (Å²) in [6.07, 6.45) is 0.503. The van der Waals surface area contributed by atoms with Crippen molar-refractivity contribution in [3.8, 4) is 11.5 Å². The Balaban J connectivity index is 1.73. The van der Waals surface area contributed by atoms with Crippen molar-refractivity contribution in [1.82, 2.24) is 4.90 Å². The van der Waals surface area contributed by atoms with Crippen LogP contribution in [0.25, 0.3) is 0 Å². The molecule has 0 saturated heterocycles. The first-order chi connectivity index (χ1) is 13.5. The zero-order valence-corrected chi connectivity index (χ0v) is 15.3. The van der Waals surface area contributed by atoms with Gasteiger partial charge in [0.1, 0.15) is 12.2 Å². The second-order valence-corrected chi connectivity index (χ2v) is 5.83. The van der Waals surface area contributed by atoms with Gasteiger partial charge in [0.15, 0.2) is 17.8 Å². The van der Waals surface area contributed by atoms with E-state index >= 15 is 0 Å². The molecule has 2 aromatic rings. The highest BCUT2D eigenvalue weighted by atomic mass is 16.5. The summed E-state index contributed by atoms with van der Waals surface area (Å²) in [6, 6.07) is 9.39. The molecule has 2 amide bonds. The van der Waals surface area contributed by atoms with Gasteiger partial charge in [0.2, 0.25) is 0 Å². The van der Waals surface area contributed by atoms with E-state index < -0.39 is 17.8 Å². The standard InChI is InChI=1S/C20H17NO7/c1-26-15-8-7-12(11-22)16(17(15)27-2)20(25)28-10-9-21-18(23)13-5-3-4-6-14(13)19(21)24/h3-8,11H,9-10H2,1-2H3. The molecule has 8 heteroatoms. The maximum atomic E-state index is 12.5. The van der Waals surface area contributed by atoms with E-state index in [4.69, 9.17) is 14.2 Å². The number of carbonyl (C=O) groups is 4. The van der Waals surface area contributed by atoms with Crippen LogP contribution < -0.4 is 9.47 Å². The fourth-order valence-electron chi connectivity index (χ4n) is 2.99. The van der Waals surface area contributed by atoms with Crippen molar-refractivity contribution in [2.24, 2.45) is 0 Å². The fourth-order valence-corrected chi connectivity index (χ4v) is 2.99. The number of esters is 1. The van der Waals surface area contributed by atoms with Crippen LogP contribution in [0.4, 0.5) is 0 Å². The lowest BCUT2D eigenvalue weighted by Gasteiger charge is -2.16. The Labute approximate surface area is 160 Å². The van der Waals surface area contributed by atoms with E-state index in [2.05, 4.69) is 0 Å². The number of nitrogens with zero attached hydrogens (tertiary/aromatic N) is 1. The van der Waals surface area contributed by atoms with Crippen LogP contribution in [0.5, 0.6) is 11.5 Å². The maximum Gasteiger partial charge on any atom is 0.342 e. The van der Waals surface area contributed by atoms with Crippen LogP contribution in [0.2, 0.25) is 0 Å². The maximum absolute atomic E-state index is 12.5. The summed E-state index contributed by atoms with van der Waals surface area (Å²) in [5, 5.41) is 0. The van der Waals surface area contributed by atoms with Crippen molar-refractivity contribution in [2.45, 2.75) is 0 Å². The zero-order valence-electron chi connectivity index (χ0n) is 15.3. The topological polar surface area (TPSA) is 99.2 Å². The summed E-state index contributed by atoms with van der Waals surface area (Å²) in [4.78, 5) is 49.5. The zero-order chi connectivity index (χ0) is 20.3. The van der Waals surface area contributed by atoms with Gasteiger partial charge in [-0.3, -0.25) is 19.3 Å². The minimum Gasteiger partial charge on any atom is -0.493 e. The summed E-state index contributed by atoms with van der Waals surface area (Å²) in [7, 11) is 2.73. The highest BCUT2D eigenvalue weighted by molar-refractivity contribution is 6.21. The number of hydrogen-bond acceptors (Lipinski definition) is 7. The third-order valence-electron chi connectivity index (χ3n) is 4.34. The Morgan fingerprint density at radius 3 is 2.18 bits per heavy atom. The number of amides is 2. The van der Waals surface area contributed by atoms with E-state index in [9.17, 15) is 19.2 Å². The molecule has 0 aromatic heterocycles. The van der Waals surface area contributed by atoms with Crippen LogP contribution in [0.1, 0.15) is 41.4 Å². The molecule has 0 saturated carbocycles. The summed E-state index contributed by atoms with van der Waals surface area (Å²) in [5.74, 6) is -1.37. The Morgan fingerprint density at radius 1 is 1.00 bits per heavy atom. The number of hydrogen-bond donors (Lipinski definition) is 0. The minimum atomic E-state index is -0.825. The van der Waals surface area contributed by atoms with E-state index in [0.717, 1.165) is 4.90 Å². The summed E-state index contributed by atoms with van der Waals surface area (Å²) in [6.45, 7) is -0.343. The predicted octanol–water partition coefficient (Wildman–Crippen LogP) is 1.97. The summed E-state index contributed by atoms with van der Waals surface area (Å²) in [5.41, 5.74) is 0.621. The molecular formula is C20H17NO7. The van der Waals surface area contributed by atoms with Crippen molar-refractivity contribution < 1.29 is 33.4 Å². The van der Waals surface area contributed by atoms with Crippen molar-refractivity contribution >= 4 is 24.1 Å². The molecule has 1 aliphatic rings. The van der Waals surface area contributed by atoms with Gasteiger partial charge in [0.05, 0.1) is 31.9 Å². The molecule has 0 atom stereocenters. The molecule has 1 heterocycles. The third kappa shape index (κ3) is 3.20. The molecule has 1 aliphatic heterocycles. The number of ether oxygens (including phenoxy) is 3. The van der Waals surface area contributed by atoms with Crippen LogP contribution in [0, 0.1) is 0 Å². The van der Waals surface area contributed by atoms with Gasteiger partial charge in [0.25, 0.3) is 11.8 Å². The lowest BCUT2D eigenvalue weighted by atomic mass is 10.1. The van der Waals surface area contributed by atoms with Crippen molar-refractivity contribution in [3.05, 3.63) is 58.7 Å². The molecule has 8 nitrogen and oxygen atoms in total. The molecule has 0 unspecified atom stereocenters. The van der Waals surface area contributed by atoms with Crippen molar-refractivity contribution in [2.75, 3.05) is 27.4 Å². The van der Waals surface area contributed by atoms with E-state index in [0.29, 0.717) is 17.4 Å². The SMILES string of the molecule is COc1ccc(C=O)c(C(=O)OCCN2C(=O)c3ccccc3C2=O)c1OC. The van der Waals surface area contributed by atoms with Gasteiger partial charge in [-0.05, 0) is 24.3 Å². The van der Waals surface area contributed by atoms with Gasteiger partial charge in [0, 0.05) is 5.56 Å². The molecule has 144 valence electrons. The van der Waals surface area contributed by atoms with E-state index in [1.54, 1.807) is 24.3 Å². The molecule has 0 spiro atoms. The van der Waals surface area contributed by atoms with Gasteiger partial charge < -0.3 is 14.2 Å². The molecule has 0 N–H and O–H groups in total. The second kappa shape index (κ2) is 7.91. The Kier molecular flexibility index (Phi) is 5.39. The van der Waals surface area contributed by atoms with Crippen LogP contribution in [0.3, 0.4) is 0 Å². The highest BCUT2D eigenvalue weighted by Crippen LogP contribution is 2.33. The van der Waals surface area contributed by atoms with Crippen LogP contribution in [-0.2, 0) is 4.74 Å². The number of benzene rings is 2. The van der Waals surface area contributed by atoms with E-state index in [1.807, 2.05) is 0 Å². The number of methoxy groups -OCH3 is 2. The van der Waals surface area contributed by atoms with Crippen molar-refractivity contribution in [1.29, 1.82) is 0 Å². The lowest BCUT2D eigenvalue weighted by molar-refractivity contribution is 0.0416. The first kappa shape index (κ1) is 19.1. The third-order valence-corrected chi connectivity index (χ3v) is 4.34. The fraction of sp³-hybridized carbons (Fsp3) is 0.200. The number of rotatable bonds is 7. The van der Waals surface area contributed by atoms with E-state index in [-0.39, 0.29) is 35.8 Å². The smallest absolute Gasteiger partial charge is 0.342 e. The lowest BCUT2D eigenvalue weighted by Crippen LogP contribution is -2.33. The average molecular weight is 383 g/mol. The number of carbonyl (C=O) groups excluding carboxylic acids is 4.